The van der Waals surface area contributed by atoms with Crippen molar-refractivity contribution in [3.63, 3.8) is 0 Å². The van der Waals surface area contributed by atoms with Crippen LogP contribution in [0.25, 0.3) is 0 Å². The molecule has 0 spiro atoms. The van der Waals surface area contributed by atoms with E-state index in [4.69, 9.17) is 10.8 Å². The number of aliphatic hydroxyl groups is 2. The van der Waals surface area contributed by atoms with Gasteiger partial charge >= 0.3 is 6.09 Å². The fraction of sp³-hybridized carbons (Fsp3) is 0.737. The lowest BCUT2D eigenvalue weighted by atomic mass is 10.1. The average molecular weight is 457 g/mol. The van der Waals surface area contributed by atoms with Crippen LogP contribution in [0.5, 0.6) is 0 Å². The van der Waals surface area contributed by atoms with E-state index >= 15 is 0 Å². The van der Waals surface area contributed by atoms with Gasteiger partial charge in [0.2, 0.25) is 23.6 Å². The van der Waals surface area contributed by atoms with Gasteiger partial charge in [-0.15, -0.1) is 0 Å². The summed E-state index contributed by atoms with van der Waals surface area (Å²) < 4.78 is 0. The lowest BCUT2D eigenvalue weighted by Crippen LogP contribution is -2.53. The molecule has 180 valence electrons. The standard InChI is InChI=1S/C19H31N5O8/c1-9(25)13(15(20)27)21-16(28)11-3-5-23(7-11)17(29)12-4-6-24(8-12)18(30)14(10(2)26)22-19(31)32/h9-14,22,25-26H,3-8H2,1-2H3,(H2,20,27)(H,21,28)(H,31,32)/t9-,10-,11-,12+,13+,14+/m1/s1. The normalized spacial score (nSPS) is 24.4. The van der Waals surface area contributed by atoms with Crippen molar-refractivity contribution in [3.8, 4) is 0 Å². The zero-order valence-corrected chi connectivity index (χ0v) is 18.1. The van der Waals surface area contributed by atoms with Crippen LogP contribution in [0.1, 0.15) is 26.7 Å². The molecule has 7 N–H and O–H groups in total. The van der Waals surface area contributed by atoms with Gasteiger partial charge in [0.25, 0.3) is 0 Å². The van der Waals surface area contributed by atoms with E-state index in [1.54, 1.807) is 0 Å². The van der Waals surface area contributed by atoms with Crippen LogP contribution in [-0.4, -0.2) is 105 Å². The molecular weight excluding hydrogens is 426 g/mol. The number of carbonyl (C=O) groups excluding carboxylic acids is 4. The third-order valence-electron chi connectivity index (χ3n) is 5.83. The third-order valence-corrected chi connectivity index (χ3v) is 5.83. The van der Waals surface area contributed by atoms with Gasteiger partial charge in [-0.1, -0.05) is 0 Å². The minimum absolute atomic E-state index is 0.0846. The molecule has 2 fully saturated rings. The Bertz CT molecular complexity index is 758. The Hall–Kier alpha value is -2.93. The highest BCUT2D eigenvalue weighted by Gasteiger charge is 2.40. The Morgan fingerprint density at radius 2 is 1.41 bits per heavy atom. The van der Waals surface area contributed by atoms with Crippen LogP contribution in [0.4, 0.5) is 4.79 Å². The lowest BCUT2D eigenvalue weighted by molar-refractivity contribution is -0.137. The monoisotopic (exact) mass is 457 g/mol. The van der Waals surface area contributed by atoms with Crippen molar-refractivity contribution < 1.29 is 39.3 Å². The Labute approximate surface area is 184 Å². The summed E-state index contributed by atoms with van der Waals surface area (Å²) in [5.41, 5.74) is 5.18. The molecule has 0 unspecified atom stereocenters. The maximum absolute atomic E-state index is 12.9. The van der Waals surface area contributed by atoms with Gasteiger partial charge in [0.05, 0.1) is 24.0 Å². The van der Waals surface area contributed by atoms with E-state index in [-0.39, 0.29) is 25.5 Å². The number of carbonyl (C=O) groups is 5. The van der Waals surface area contributed by atoms with Gasteiger partial charge in [-0.2, -0.15) is 0 Å². The van der Waals surface area contributed by atoms with Crippen LogP contribution in [0.3, 0.4) is 0 Å². The van der Waals surface area contributed by atoms with E-state index in [0.717, 1.165) is 0 Å². The molecule has 0 aromatic heterocycles. The van der Waals surface area contributed by atoms with Crippen molar-refractivity contribution in [2.75, 3.05) is 26.2 Å². The number of amides is 5. The molecule has 6 atom stereocenters. The Morgan fingerprint density at radius 3 is 1.94 bits per heavy atom. The Morgan fingerprint density at radius 1 is 0.875 bits per heavy atom. The number of aliphatic hydroxyl groups excluding tert-OH is 2. The molecule has 0 aliphatic carbocycles. The molecule has 2 heterocycles. The highest BCUT2D eigenvalue weighted by atomic mass is 16.4. The van der Waals surface area contributed by atoms with Crippen LogP contribution in [0, 0.1) is 11.8 Å². The lowest BCUT2D eigenvalue weighted by Gasteiger charge is -2.26. The molecule has 13 nitrogen and oxygen atoms in total. The van der Waals surface area contributed by atoms with Crippen molar-refractivity contribution in [1.82, 2.24) is 20.4 Å². The largest absolute Gasteiger partial charge is 0.465 e. The second-order valence-electron chi connectivity index (χ2n) is 8.34. The first-order valence-corrected chi connectivity index (χ1v) is 10.4. The molecule has 0 aromatic rings. The van der Waals surface area contributed by atoms with Crippen molar-refractivity contribution in [2.24, 2.45) is 17.6 Å². The Balaban J connectivity index is 1.92. The summed E-state index contributed by atoms with van der Waals surface area (Å²) in [6.07, 6.45) is -3.07. The highest BCUT2D eigenvalue weighted by Crippen LogP contribution is 2.24. The van der Waals surface area contributed by atoms with Crippen LogP contribution in [-0.2, 0) is 19.2 Å². The van der Waals surface area contributed by atoms with Gasteiger partial charge in [0.1, 0.15) is 12.1 Å². The molecule has 0 radical (unpaired) electrons. The summed E-state index contributed by atoms with van der Waals surface area (Å²) in [6.45, 7) is 3.42. The first kappa shape index (κ1) is 25.3. The summed E-state index contributed by atoms with van der Waals surface area (Å²) in [5.74, 6) is -3.23. The number of hydrogen-bond acceptors (Lipinski definition) is 7. The quantitative estimate of drug-likeness (QED) is 0.222. The average Bonchev–Trinajstić information content (AvgIpc) is 3.38. The van der Waals surface area contributed by atoms with Gasteiger partial charge in [-0.05, 0) is 26.7 Å². The molecule has 2 aliphatic heterocycles. The number of nitrogens with one attached hydrogen (secondary N) is 2. The third kappa shape index (κ3) is 6.07. The second-order valence-corrected chi connectivity index (χ2v) is 8.34. The Kier molecular flexibility index (Phi) is 8.38. The molecule has 2 saturated heterocycles. The van der Waals surface area contributed by atoms with E-state index in [0.29, 0.717) is 19.4 Å². The van der Waals surface area contributed by atoms with Crippen molar-refractivity contribution in [1.29, 1.82) is 0 Å². The minimum atomic E-state index is -1.44. The maximum atomic E-state index is 12.9. The summed E-state index contributed by atoms with van der Waals surface area (Å²) in [6, 6.07) is -2.55. The van der Waals surface area contributed by atoms with Gasteiger partial charge in [0.15, 0.2) is 0 Å². The van der Waals surface area contributed by atoms with Gasteiger partial charge < -0.3 is 41.5 Å². The van der Waals surface area contributed by atoms with Gasteiger partial charge in [-0.3, -0.25) is 19.2 Å². The van der Waals surface area contributed by atoms with Crippen molar-refractivity contribution in [2.45, 2.75) is 51.0 Å². The van der Waals surface area contributed by atoms with Crippen LogP contribution < -0.4 is 16.4 Å². The van der Waals surface area contributed by atoms with Gasteiger partial charge in [-0.25, -0.2) is 4.79 Å². The van der Waals surface area contributed by atoms with E-state index in [2.05, 4.69) is 5.32 Å². The van der Waals surface area contributed by atoms with Crippen LogP contribution >= 0.6 is 0 Å². The van der Waals surface area contributed by atoms with Crippen LogP contribution in [0.15, 0.2) is 0 Å². The summed E-state index contributed by atoms with van der Waals surface area (Å²) in [5, 5.41) is 32.6. The molecule has 5 amide bonds. The molecule has 13 heteroatoms. The second kappa shape index (κ2) is 10.6. The molecule has 0 aromatic carbocycles. The summed E-state index contributed by atoms with van der Waals surface area (Å²) >= 11 is 0. The number of carboxylic acid groups (broad SMARTS) is 1. The van der Waals surface area contributed by atoms with Gasteiger partial charge in [0, 0.05) is 26.2 Å². The smallest absolute Gasteiger partial charge is 0.405 e. The topological polar surface area (TPSA) is 203 Å². The predicted molar refractivity (Wildman–Crippen MR) is 109 cm³/mol. The zero-order chi connectivity index (χ0) is 24.2. The van der Waals surface area contributed by atoms with Crippen LogP contribution in [0.2, 0.25) is 0 Å². The zero-order valence-electron chi connectivity index (χ0n) is 18.1. The molecule has 2 aliphatic rings. The first-order chi connectivity index (χ1) is 14.9. The minimum Gasteiger partial charge on any atom is -0.465 e. The van der Waals surface area contributed by atoms with E-state index in [1.165, 1.54) is 23.6 Å². The fourth-order valence-electron chi connectivity index (χ4n) is 4.01. The number of nitrogens with zero attached hydrogens (tertiary/aromatic N) is 2. The van der Waals surface area contributed by atoms with E-state index in [1.807, 2.05) is 5.32 Å². The number of hydrogen-bond donors (Lipinski definition) is 6. The summed E-state index contributed by atoms with van der Waals surface area (Å²) in [7, 11) is 0. The number of rotatable bonds is 8. The molecule has 0 bridgehead atoms. The maximum Gasteiger partial charge on any atom is 0.405 e. The fourth-order valence-corrected chi connectivity index (χ4v) is 4.01. The molecule has 0 saturated carbocycles. The highest BCUT2D eigenvalue weighted by molar-refractivity contribution is 5.90. The van der Waals surface area contributed by atoms with Crippen molar-refractivity contribution >= 4 is 29.7 Å². The molecule has 32 heavy (non-hydrogen) atoms. The SMILES string of the molecule is C[C@@H](O)[C@H](NC(=O)[C@@H]1CCN(C(=O)[C@H]2CCN(C(=O)[C@@H](NC(=O)O)[C@@H](C)O)C2)C1)C(N)=O. The molecule has 2 rings (SSSR count). The number of primary amides is 1. The van der Waals surface area contributed by atoms with Crippen molar-refractivity contribution in [3.05, 3.63) is 0 Å². The van der Waals surface area contributed by atoms with E-state index in [9.17, 15) is 34.2 Å². The van der Waals surface area contributed by atoms with E-state index < -0.39 is 59.9 Å². The predicted octanol–water partition coefficient (Wildman–Crippen LogP) is -2.95. The molecular formula is C19H31N5O8. The first-order valence-electron chi connectivity index (χ1n) is 10.4. The summed E-state index contributed by atoms with van der Waals surface area (Å²) in [4.78, 5) is 63.0. The number of nitrogens with two attached hydrogens (primary N) is 1. The number of likely N-dealkylation sites (tertiary alicyclic amines) is 2.